The van der Waals surface area contributed by atoms with Crippen molar-refractivity contribution in [2.24, 2.45) is 4.99 Å². The highest BCUT2D eigenvalue weighted by molar-refractivity contribution is 6.32. The topological polar surface area (TPSA) is 21.6 Å². The van der Waals surface area contributed by atoms with Crippen LogP contribution in [0.3, 0.4) is 0 Å². The fourth-order valence-electron chi connectivity index (χ4n) is 2.28. The van der Waals surface area contributed by atoms with Crippen molar-refractivity contribution in [1.29, 1.82) is 0 Å². The van der Waals surface area contributed by atoms with Crippen molar-refractivity contribution in [3.8, 4) is 5.75 Å². The molecule has 0 aliphatic rings. The van der Waals surface area contributed by atoms with Crippen LogP contribution >= 0.6 is 11.6 Å². The minimum absolute atomic E-state index is 0.258. The van der Waals surface area contributed by atoms with Gasteiger partial charge in [-0.3, -0.25) is 4.99 Å². The molecule has 3 aromatic carbocycles. The fraction of sp³-hybridized carbons (Fsp3) is 0.0952. The first kappa shape index (κ1) is 17.2. The number of rotatable bonds is 5. The quantitative estimate of drug-likeness (QED) is 0.506. The lowest BCUT2D eigenvalue weighted by atomic mass is 10.2. The van der Waals surface area contributed by atoms with Gasteiger partial charge in [-0.15, -0.1) is 0 Å². The maximum Gasteiger partial charge on any atom is 0.138 e. The van der Waals surface area contributed by atoms with Gasteiger partial charge in [0.1, 0.15) is 18.2 Å². The number of hydrogen-bond donors (Lipinski definition) is 0. The Morgan fingerprint density at radius 1 is 1.04 bits per heavy atom. The Labute approximate surface area is 151 Å². The molecular weight excluding hydrogens is 337 g/mol. The standard InChI is InChI=1S/C21H17ClFNO/c1-15-5-8-19(9-6-15)24-13-16-7-10-21(20(22)12-16)25-14-17-3-2-4-18(23)11-17/h2-13H,14H2,1H3. The summed E-state index contributed by atoms with van der Waals surface area (Å²) in [7, 11) is 0. The van der Waals surface area contributed by atoms with Gasteiger partial charge in [-0.05, 0) is 60.5 Å². The lowest BCUT2D eigenvalue weighted by Gasteiger charge is -2.08. The molecule has 0 spiro atoms. The SMILES string of the molecule is Cc1ccc(N=Cc2ccc(OCc3cccc(F)c3)c(Cl)c2)cc1. The number of hydrogen-bond acceptors (Lipinski definition) is 2. The maximum atomic E-state index is 13.2. The number of benzene rings is 3. The monoisotopic (exact) mass is 353 g/mol. The molecule has 0 aliphatic carbocycles. The summed E-state index contributed by atoms with van der Waals surface area (Å²) >= 11 is 6.27. The van der Waals surface area contributed by atoms with Gasteiger partial charge in [0, 0.05) is 6.21 Å². The second-order valence-electron chi connectivity index (χ2n) is 5.70. The predicted octanol–water partition coefficient (Wildman–Crippen LogP) is 6.12. The zero-order valence-corrected chi connectivity index (χ0v) is 14.5. The minimum Gasteiger partial charge on any atom is -0.487 e. The largest absolute Gasteiger partial charge is 0.487 e. The molecule has 4 heteroatoms. The van der Waals surface area contributed by atoms with E-state index in [0.717, 1.165) is 16.8 Å². The van der Waals surface area contributed by atoms with Gasteiger partial charge in [0.15, 0.2) is 0 Å². The van der Waals surface area contributed by atoms with Gasteiger partial charge in [0.05, 0.1) is 10.7 Å². The summed E-state index contributed by atoms with van der Waals surface area (Å²) in [6.07, 6.45) is 1.76. The molecule has 0 fully saturated rings. The minimum atomic E-state index is -0.283. The van der Waals surface area contributed by atoms with Gasteiger partial charge >= 0.3 is 0 Å². The van der Waals surface area contributed by atoms with Gasteiger partial charge in [-0.25, -0.2) is 4.39 Å². The van der Waals surface area contributed by atoms with Crippen molar-refractivity contribution in [2.45, 2.75) is 13.5 Å². The molecule has 0 amide bonds. The van der Waals surface area contributed by atoms with Crippen molar-refractivity contribution < 1.29 is 9.13 Å². The molecule has 0 bridgehead atoms. The summed E-state index contributed by atoms with van der Waals surface area (Å²) in [5.41, 5.74) is 3.71. The van der Waals surface area contributed by atoms with E-state index in [1.165, 1.54) is 17.7 Å². The van der Waals surface area contributed by atoms with Crippen molar-refractivity contribution in [1.82, 2.24) is 0 Å². The second-order valence-corrected chi connectivity index (χ2v) is 6.11. The third-order valence-electron chi connectivity index (χ3n) is 3.64. The van der Waals surface area contributed by atoms with Crippen LogP contribution in [0.1, 0.15) is 16.7 Å². The number of aryl methyl sites for hydroxylation is 1. The lowest BCUT2D eigenvalue weighted by Crippen LogP contribution is -1.97. The summed E-state index contributed by atoms with van der Waals surface area (Å²) in [5, 5.41) is 0.490. The summed E-state index contributed by atoms with van der Waals surface area (Å²) in [4.78, 5) is 4.43. The van der Waals surface area contributed by atoms with Crippen LogP contribution in [0.5, 0.6) is 5.75 Å². The van der Waals surface area contributed by atoms with E-state index in [4.69, 9.17) is 16.3 Å². The highest BCUT2D eigenvalue weighted by atomic mass is 35.5. The maximum absolute atomic E-state index is 13.2. The molecule has 0 radical (unpaired) electrons. The number of ether oxygens (including phenoxy) is 1. The van der Waals surface area contributed by atoms with E-state index in [-0.39, 0.29) is 12.4 Å². The van der Waals surface area contributed by atoms with Crippen molar-refractivity contribution in [2.75, 3.05) is 0 Å². The number of nitrogens with zero attached hydrogens (tertiary/aromatic N) is 1. The van der Waals surface area contributed by atoms with Crippen LogP contribution in [0.25, 0.3) is 0 Å². The highest BCUT2D eigenvalue weighted by Crippen LogP contribution is 2.26. The van der Waals surface area contributed by atoms with Crippen LogP contribution < -0.4 is 4.74 Å². The van der Waals surface area contributed by atoms with Crippen LogP contribution in [0.15, 0.2) is 71.7 Å². The Bertz CT molecular complexity index is 891. The predicted molar refractivity (Wildman–Crippen MR) is 101 cm³/mol. The Kier molecular flexibility index (Phi) is 5.46. The van der Waals surface area contributed by atoms with E-state index in [1.54, 1.807) is 30.5 Å². The molecule has 0 aliphatic heterocycles. The van der Waals surface area contributed by atoms with Gasteiger partial charge < -0.3 is 4.74 Å². The summed E-state index contributed by atoms with van der Waals surface area (Å²) < 4.78 is 18.8. The number of halogens is 2. The second kappa shape index (κ2) is 7.95. The van der Waals surface area contributed by atoms with Crippen molar-refractivity contribution >= 4 is 23.5 Å². The molecule has 0 N–H and O–H groups in total. The molecule has 2 nitrogen and oxygen atoms in total. The zero-order chi connectivity index (χ0) is 17.6. The molecule has 0 saturated heterocycles. The Morgan fingerprint density at radius 3 is 2.56 bits per heavy atom. The van der Waals surface area contributed by atoms with Crippen LogP contribution in [0.2, 0.25) is 5.02 Å². The van der Waals surface area contributed by atoms with E-state index in [9.17, 15) is 4.39 Å². The normalized spacial score (nSPS) is 11.0. The first-order valence-corrected chi connectivity index (χ1v) is 8.25. The molecule has 25 heavy (non-hydrogen) atoms. The average molecular weight is 354 g/mol. The van der Waals surface area contributed by atoms with Crippen molar-refractivity contribution in [3.63, 3.8) is 0 Å². The summed E-state index contributed by atoms with van der Waals surface area (Å²) in [6.45, 7) is 2.30. The molecule has 0 unspecified atom stereocenters. The Morgan fingerprint density at radius 2 is 1.84 bits per heavy atom. The van der Waals surface area contributed by atoms with Gasteiger partial charge in [-0.2, -0.15) is 0 Å². The van der Waals surface area contributed by atoms with Gasteiger partial charge in [0.2, 0.25) is 0 Å². The van der Waals surface area contributed by atoms with Crippen molar-refractivity contribution in [3.05, 3.63) is 94.3 Å². The van der Waals surface area contributed by atoms with E-state index in [0.29, 0.717) is 10.8 Å². The van der Waals surface area contributed by atoms with E-state index in [1.807, 2.05) is 37.3 Å². The third kappa shape index (κ3) is 4.91. The zero-order valence-electron chi connectivity index (χ0n) is 13.7. The number of aliphatic imine (C=N–C) groups is 1. The van der Waals surface area contributed by atoms with Crippen LogP contribution in [0, 0.1) is 12.7 Å². The molecule has 0 heterocycles. The Hall–Kier alpha value is -2.65. The lowest BCUT2D eigenvalue weighted by molar-refractivity contribution is 0.306. The fourth-order valence-corrected chi connectivity index (χ4v) is 2.53. The molecule has 126 valence electrons. The van der Waals surface area contributed by atoms with Gasteiger partial charge in [0.25, 0.3) is 0 Å². The first-order valence-electron chi connectivity index (χ1n) is 7.88. The summed E-state index contributed by atoms with van der Waals surface area (Å²) in [6, 6.07) is 19.7. The molecule has 0 aromatic heterocycles. The molecule has 3 aromatic rings. The van der Waals surface area contributed by atoms with E-state index < -0.39 is 0 Å². The molecule has 3 rings (SSSR count). The first-order chi connectivity index (χ1) is 12.1. The smallest absolute Gasteiger partial charge is 0.138 e. The molecule has 0 atom stereocenters. The van der Waals surface area contributed by atoms with Crippen LogP contribution in [0.4, 0.5) is 10.1 Å². The van der Waals surface area contributed by atoms with Crippen LogP contribution in [-0.4, -0.2) is 6.21 Å². The van der Waals surface area contributed by atoms with Crippen LogP contribution in [-0.2, 0) is 6.61 Å². The molecule has 0 saturated carbocycles. The van der Waals surface area contributed by atoms with E-state index >= 15 is 0 Å². The van der Waals surface area contributed by atoms with Gasteiger partial charge in [-0.1, -0.05) is 41.4 Å². The summed E-state index contributed by atoms with van der Waals surface area (Å²) in [5.74, 6) is 0.272. The highest BCUT2D eigenvalue weighted by Gasteiger charge is 2.04. The molecular formula is C21H17ClFNO. The third-order valence-corrected chi connectivity index (χ3v) is 3.93. The van der Waals surface area contributed by atoms with E-state index in [2.05, 4.69) is 4.99 Å². The average Bonchev–Trinajstić information content (AvgIpc) is 2.60. The Balaban J connectivity index is 1.67.